The first-order valence-corrected chi connectivity index (χ1v) is 5.64. The molecule has 14 heavy (non-hydrogen) atoms. The molecule has 0 aromatic carbocycles. The molecule has 0 aliphatic carbocycles. The van der Waals surface area contributed by atoms with Crippen LogP contribution in [-0.4, -0.2) is 38.5 Å². The van der Waals surface area contributed by atoms with Crippen LogP contribution >= 0.6 is 0 Å². The fourth-order valence-electron chi connectivity index (χ4n) is 1.13. The third-order valence-corrected chi connectivity index (χ3v) is 1.97. The molecule has 0 heterocycles. The fraction of sp³-hybridized carbons (Fsp3) is 1.00. The molecule has 86 valence electrons. The molecule has 0 bridgehead atoms. The molecule has 3 nitrogen and oxygen atoms in total. The molecule has 0 aromatic rings. The molecule has 0 rings (SSSR count). The predicted molar refractivity (Wildman–Crippen MR) is 59.7 cm³/mol. The molecule has 3 heteroatoms. The van der Waals surface area contributed by atoms with Gasteiger partial charge in [0.2, 0.25) is 0 Å². The van der Waals surface area contributed by atoms with Gasteiger partial charge in [-0.3, -0.25) is 0 Å². The maximum absolute atomic E-state index is 5.66. The van der Waals surface area contributed by atoms with E-state index in [1.54, 1.807) is 0 Å². The number of nitrogens with one attached hydrogen (secondary N) is 1. The van der Waals surface area contributed by atoms with Crippen LogP contribution in [0.1, 0.15) is 34.1 Å². The van der Waals surface area contributed by atoms with Crippen molar-refractivity contribution in [3.05, 3.63) is 0 Å². The normalized spacial score (nSPS) is 13.5. The predicted octanol–water partition coefficient (Wildman–Crippen LogP) is 1.82. The van der Waals surface area contributed by atoms with Crippen LogP contribution in [0.15, 0.2) is 0 Å². The van der Waals surface area contributed by atoms with Crippen molar-refractivity contribution in [1.29, 1.82) is 0 Å². The smallest absolute Gasteiger partial charge is 0.0705 e. The van der Waals surface area contributed by atoms with Crippen LogP contribution in [0, 0.1) is 0 Å². The third-order valence-electron chi connectivity index (χ3n) is 1.97. The molecule has 0 radical (unpaired) electrons. The molecule has 1 atom stereocenters. The maximum Gasteiger partial charge on any atom is 0.0705 e. The molecule has 0 saturated heterocycles. The van der Waals surface area contributed by atoms with E-state index in [0.29, 0.717) is 25.4 Å². The quantitative estimate of drug-likeness (QED) is 0.580. The molecule has 0 fully saturated rings. The Hall–Kier alpha value is -0.120. The number of hydrogen-bond acceptors (Lipinski definition) is 3. The monoisotopic (exact) mass is 203 g/mol. The van der Waals surface area contributed by atoms with Crippen molar-refractivity contribution in [1.82, 2.24) is 5.32 Å². The summed E-state index contributed by atoms with van der Waals surface area (Å²) < 4.78 is 11.1. The minimum absolute atomic E-state index is 0.299. The molecular weight excluding hydrogens is 178 g/mol. The van der Waals surface area contributed by atoms with Crippen LogP contribution < -0.4 is 5.32 Å². The molecule has 0 saturated carbocycles. The number of hydrogen-bond donors (Lipinski definition) is 1. The van der Waals surface area contributed by atoms with E-state index in [1.807, 2.05) is 13.8 Å². The van der Waals surface area contributed by atoms with Gasteiger partial charge in [0.25, 0.3) is 0 Å². The van der Waals surface area contributed by atoms with Crippen LogP contribution in [0.25, 0.3) is 0 Å². The highest BCUT2D eigenvalue weighted by Gasteiger charge is 2.04. The lowest BCUT2D eigenvalue weighted by molar-refractivity contribution is -0.0128. The van der Waals surface area contributed by atoms with Crippen LogP contribution in [0.5, 0.6) is 0 Å². The molecule has 1 N–H and O–H groups in total. The molecule has 0 aliphatic heterocycles. The number of likely N-dealkylation sites (N-methyl/N-ethyl adjacent to an activating group) is 1. The summed E-state index contributed by atoms with van der Waals surface area (Å²) in [6, 6.07) is 0. The Morgan fingerprint density at radius 1 is 1.07 bits per heavy atom. The van der Waals surface area contributed by atoms with Gasteiger partial charge in [-0.25, -0.2) is 0 Å². The average Bonchev–Trinajstić information content (AvgIpc) is 2.16. The highest BCUT2D eigenvalue weighted by Crippen LogP contribution is 1.97. The van der Waals surface area contributed by atoms with Crippen molar-refractivity contribution in [3.8, 4) is 0 Å². The first kappa shape index (κ1) is 13.9. The number of rotatable bonds is 9. The largest absolute Gasteiger partial charge is 0.376 e. The second kappa shape index (κ2) is 9.44. The van der Waals surface area contributed by atoms with Crippen LogP contribution in [0.2, 0.25) is 0 Å². The maximum atomic E-state index is 5.66. The van der Waals surface area contributed by atoms with Gasteiger partial charge in [-0.2, -0.15) is 0 Å². The van der Waals surface area contributed by atoms with Gasteiger partial charge < -0.3 is 14.8 Å². The summed E-state index contributed by atoms with van der Waals surface area (Å²) in [7, 11) is 0. The van der Waals surface area contributed by atoms with Crippen molar-refractivity contribution in [2.45, 2.75) is 46.3 Å². The zero-order valence-corrected chi connectivity index (χ0v) is 10.0. The van der Waals surface area contributed by atoms with E-state index in [4.69, 9.17) is 9.47 Å². The van der Waals surface area contributed by atoms with Gasteiger partial charge in [-0.1, -0.05) is 13.8 Å². The van der Waals surface area contributed by atoms with Crippen molar-refractivity contribution in [3.63, 3.8) is 0 Å². The molecule has 0 aliphatic rings. The minimum atomic E-state index is 0.299. The third kappa shape index (κ3) is 8.48. The lowest BCUT2D eigenvalue weighted by Gasteiger charge is -2.16. The molecule has 1 unspecified atom stereocenters. The highest BCUT2D eigenvalue weighted by atomic mass is 16.5. The van der Waals surface area contributed by atoms with E-state index in [-0.39, 0.29) is 0 Å². The fourth-order valence-corrected chi connectivity index (χ4v) is 1.13. The molecule has 0 spiro atoms. The van der Waals surface area contributed by atoms with Gasteiger partial charge in [-0.15, -0.1) is 0 Å². The Kier molecular flexibility index (Phi) is 9.35. The minimum Gasteiger partial charge on any atom is -0.376 e. The van der Waals surface area contributed by atoms with Crippen molar-refractivity contribution >= 4 is 0 Å². The van der Waals surface area contributed by atoms with E-state index >= 15 is 0 Å². The van der Waals surface area contributed by atoms with Crippen LogP contribution in [0.4, 0.5) is 0 Å². The topological polar surface area (TPSA) is 30.5 Å². The van der Waals surface area contributed by atoms with Gasteiger partial charge in [-0.05, 0) is 26.8 Å². The van der Waals surface area contributed by atoms with Crippen molar-refractivity contribution in [2.24, 2.45) is 0 Å². The Balaban J connectivity index is 3.33. The zero-order chi connectivity index (χ0) is 10.8. The van der Waals surface area contributed by atoms with Crippen molar-refractivity contribution in [2.75, 3.05) is 26.3 Å². The molecule has 0 amide bonds. The van der Waals surface area contributed by atoms with Crippen molar-refractivity contribution < 1.29 is 9.47 Å². The van der Waals surface area contributed by atoms with E-state index < -0.39 is 0 Å². The Morgan fingerprint density at radius 3 is 2.21 bits per heavy atom. The summed E-state index contributed by atoms with van der Waals surface area (Å²) in [5, 5.41) is 3.28. The second-order valence-corrected chi connectivity index (χ2v) is 3.63. The summed E-state index contributed by atoms with van der Waals surface area (Å²) in [4.78, 5) is 0. The Labute approximate surface area is 88.2 Å². The second-order valence-electron chi connectivity index (χ2n) is 3.63. The lowest BCUT2D eigenvalue weighted by Crippen LogP contribution is -2.29. The first-order chi connectivity index (χ1) is 6.70. The van der Waals surface area contributed by atoms with Gasteiger partial charge in [0.1, 0.15) is 0 Å². The summed E-state index contributed by atoms with van der Waals surface area (Å²) >= 11 is 0. The first-order valence-electron chi connectivity index (χ1n) is 5.64. The van der Waals surface area contributed by atoms with Gasteiger partial charge in [0.05, 0.1) is 25.4 Å². The van der Waals surface area contributed by atoms with E-state index in [2.05, 4.69) is 19.2 Å². The standard InChI is InChI=1S/C11H25NO2/c1-5-11(9-12-6-2)14-8-7-13-10(3)4/h10-12H,5-9H2,1-4H3. The lowest BCUT2D eigenvalue weighted by atomic mass is 10.3. The molecule has 0 aromatic heterocycles. The van der Waals surface area contributed by atoms with Gasteiger partial charge in [0.15, 0.2) is 0 Å². The highest BCUT2D eigenvalue weighted by molar-refractivity contribution is 4.58. The van der Waals surface area contributed by atoms with Gasteiger partial charge in [0, 0.05) is 6.54 Å². The average molecular weight is 203 g/mol. The van der Waals surface area contributed by atoms with E-state index in [1.165, 1.54) is 0 Å². The van der Waals surface area contributed by atoms with Crippen LogP contribution in [-0.2, 0) is 9.47 Å². The summed E-state index contributed by atoms with van der Waals surface area (Å²) in [6.45, 7) is 11.7. The Bertz CT molecular complexity index is 118. The zero-order valence-electron chi connectivity index (χ0n) is 10.0. The SMILES string of the molecule is CCNCC(CC)OCCOC(C)C. The summed E-state index contributed by atoms with van der Waals surface area (Å²) in [6.07, 6.45) is 1.67. The molecular formula is C11H25NO2. The summed E-state index contributed by atoms with van der Waals surface area (Å²) in [5.74, 6) is 0. The van der Waals surface area contributed by atoms with Crippen LogP contribution in [0.3, 0.4) is 0 Å². The number of ether oxygens (including phenoxy) is 2. The van der Waals surface area contributed by atoms with E-state index in [0.717, 1.165) is 19.5 Å². The van der Waals surface area contributed by atoms with E-state index in [9.17, 15) is 0 Å². The summed E-state index contributed by atoms with van der Waals surface area (Å²) in [5.41, 5.74) is 0. The Morgan fingerprint density at radius 2 is 1.71 bits per heavy atom. The van der Waals surface area contributed by atoms with Gasteiger partial charge >= 0.3 is 0 Å².